The van der Waals surface area contributed by atoms with Crippen LogP contribution in [-0.2, 0) is 4.79 Å². The molecule has 0 saturated carbocycles. The lowest BCUT2D eigenvalue weighted by Gasteiger charge is -2.12. The minimum absolute atomic E-state index is 0. The van der Waals surface area contributed by atoms with Crippen molar-refractivity contribution in [2.45, 2.75) is 24.9 Å². The molecule has 1 aliphatic rings. The van der Waals surface area contributed by atoms with Crippen molar-refractivity contribution in [2.75, 3.05) is 7.11 Å². The largest absolute Gasteiger partial charge is 0.497 e. The molecule has 4 nitrogen and oxygen atoms in total. The van der Waals surface area contributed by atoms with Gasteiger partial charge in [0.25, 0.3) is 0 Å². The van der Waals surface area contributed by atoms with Crippen LogP contribution < -0.4 is 10.1 Å². The molecule has 94 valence electrons. The standard InChI is InChI=1S/C12H15NO3.ClH/c1-16-9-4-2-8(3-5-9)10-6-7-11(13-10)12(14)15;/h2-5,10-11,13H,6-7H2,1H3,(H,14,15);1H. The zero-order chi connectivity index (χ0) is 11.5. The zero-order valence-electron chi connectivity index (χ0n) is 9.55. The Kier molecular flexibility index (Phi) is 4.78. The summed E-state index contributed by atoms with van der Waals surface area (Å²) in [4.78, 5) is 10.8. The first kappa shape index (κ1) is 13.8. The average molecular weight is 258 g/mol. The van der Waals surface area contributed by atoms with Gasteiger partial charge in [-0.15, -0.1) is 12.4 Å². The van der Waals surface area contributed by atoms with E-state index in [1.807, 2.05) is 24.3 Å². The van der Waals surface area contributed by atoms with E-state index in [1.165, 1.54) is 0 Å². The molecule has 0 amide bonds. The quantitative estimate of drug-likeness (QED) is 0.870. The minimum atomic E-state index is -0.768. The Morgan fingerprint density at radius 3 is 2.47 bits per heavy atom. The van der Waals surface area contributed by atoms with E-state index in [1.54, 1.807) is 7.11 Å². The number of rotatable bonds is 3. The number of carboxylic acid groups (broad SMARTS) is 1. The van der Waals surface area contributed by atoms with Gasteiger partial charge in [-0.3, -0.25) is 10.1 Å². The molecule has 0 bridgehead atoms. The van der Waals surface area contributed by atoms with E-state index in [0.29, 0.717) is 6.42 Å². The SMILES string of the molecule is COc1ccc(C2CCC(C(=O)O)N2)cc1.Cl. The maximum absolute atomic E-state index is 10.8. The van der Waals surface area contributed by atoms with Crippen molar-refractivity contribution in [1.29, 1.82) is 0 Å². The molecule has 1 aliphatic heterocycles. The Balaban J connectivity index is 0.00000144. The van der Waals surface area contributed by atoms with E-state index in [0.717, 1.165) is 17.7 Å². The molecule has 2 atom stereocenters. The van der Waals surface area contributed by atoms with Gasteiger partial charge in [-0.25, -0.2) is 0 Å². The minimum Gasteiger partial charge on any atom is -0.497 e. The number of benzene rings is 1. The topological polar surface area (TPSA) is 58.6 Å². The molecule has 2 unspecified atom stereocenters. The zero-order valence-corrected chi connectivity index (χ0v) is 10.4. The third-order valence-electron chi connectivity index (χ3n) is 2.96. The number of methoxy groups -OCH3 is 1. The predicted molar refractivity (Wildman–Crippen MR) is 66.8 cm³/mol. The average Bonchev–Trinajstić information content (AvgIpc) is 2.78. The maximum Gasteiger partial charge on any atom is 0.320 e. The number of carboxylic acids is 1. The van der Waals surface area contributed by atoms with Crippen LogP contribution in [0.3, 0.4) is 0 Å². The van der Waals surface area contributed by atoms with Gasteiger partial charge in [0, 0.05) is 6.04 Å². The predicted octanol–water partition coefficient (Wildman–Crippen LogP) is 1.99. The van der Waals surface area contributed by atoms with Gasteiger partial charge in [0.15, 0.2) is 0 Å². The number of nitrogens with one attached hydrogen (secondary N) is 1. The fourth-order valence-corrected chi connectivity index (χ4v) is 2.04. The van der Waals surface area contributed by atoms with E-state index >= 15 is 0 Å². The van der Waals surface area contributed by atoms with E-state index < -0.39 is 12.0 Å². The van der Waals surface area contributed by atoms with Crippen LogP contribution >= 0.6 is 12.4 Å². The molecule has 1 saturated heterocycles. The summed E-state index contributed by atoms with van der Waals surface area (Å²) in [7, 11) is 1.63. The molecule has 0 aromatic heterocycles. The number of aliphatic carboxylic acids is 1. The second kappa shape index (κ2) is 5.89. The van der Waals surface area contributed by atoms with Crippen LogP contribution in [0.15, 0.2) is 24.3 Å². The van der Waals surface area contributed by atoms with Gasteiger partial charge in [-0.1, -0.05) is 12.1 Å². The number of halogens is 1. The summed E-state index contributed by atoms with van der Waals surface area (Å²) in [5.41, 5.74) is 1.12. The second-order valence-corrected chi connectivity index (χ2v) is 3.96. The number of carbonyl (C=O) groups is 1. The normalized spacial score (nSPS) is 22.9. The Bertz CT molecular complexity index is 380. The van der Waals surface area contributed by atoms with Crippen molar-refractivity contribution in [3.63, 3.8) is 0 Å². The molecule has 0 spiro atoms. The monoisotopic (exact) mass is 257 g/mol. The van der Waals surface area contributed by atoms with Gasteiger partial charge in [0.2, 0.25) is 0 Å². The highest BCUT2D eigenvalue weighted by atomic mass is 35.5. The summed E-state index contributed by atoms with van der Waals surface area (Å²) in [5.74, 6) is 0.0487. The number of hydrogen-bond donors (Lipinski definition) is 2. The van der Waals surface area contributed by atoms with Gasteiger partial charge < -0.3 is 9.84 Å². The summed E-state index contributed by atoms with van der Waals surface area (Å²) in [6, 6.07) is 7.47. The van der Waals surface area contributed by atoms with Crippen molar-refractivity contribution >= 4 is 18.4 Å². The molecular formula is C12H16ClNO3. The van der Waals surface area contributed by atoms with Crippen LogP contribution in [0.2, 0.25) is 0 Å². The van der Waals surface area contributed by atoms with Crippen LogP contribution in [0.5, 0.6) is 5.75 Å². The lowest BCUT2D eigenvalue weighted by molar-refractivity contribution is -0.139. The second-order valence-electron chi connectivity index (χ2n) is 3.96. The Labute approximate surface area is 106 Å². The highest BCUT2D eigenvalue weighted by molar-refractivity contribution is 5.85. The molecule has 1 fully saturated rings. The van der Waals surface area contributed by atoms with Crippen molar-refractivity contribution < 1.29 is 14.6 Å². The maximum atomic E-state index is 10.8. The summed E-state index contributed by atoms with van der Waals surface area (Å²) in [6.45, 7) is 0. The van der Waals surface area contributed by atoms with Crippen LogP contribution in [-0.4, -0.2) is 24.2 Å². The lowest BCUT2D eigenvalue weighted by Crippen LogP contribution is -2.31. The summed E-state index contributed by atoms with van der Waals surface area (Å²) >= 11 is 0. The van der Waals surface area contributed by atoms with E-state index in [4.69, 9.17) is 9.84 Å². The summed E-state index contributed by atoms with van der Waals surface area (Å²) < 4.78 is 5.08. The van der Waals surface area contributed by atoms with E-state index in [-0.39, 0.29) is 18.4 Å². The molecular weight excluding hydrogens is 242 g/mol. The van der Waals surface area contributed by atoms with Crippen LogP contribution in [0.1, 0.15) is 24.4 Å². The summed E-state index contributed by atoms with van der Waals surface area (Å²) in [6.07, 6.45) is 1.55. The Hall–Kier alpha value is -1.26. The third kappa shape index (κ3) is 3.11. The molecule has 1 aromatic rings. The number of hydrogen-bond acceptors (Lipinski definition) is 3. The van der Waals surface area contributed by atoms with Gasteiger partial charge >= 0.3 is 5.97 Å². The Morgan fingerprint density at radius 1 is 1.35 bits per heavy atom. The summed E-state index contributed by atoms with van der Waals surface area (Å²) in [5, 5.41) is 12.0. The van der Waals surface area contributed by atoms with Gasteiger partial charge in [-0.2, -0.15) is 0 Å². The molecule has 2 N–H and O–H groups in total. The number of ether oxygens (including phenoxy) is 1. The molecule has 0 radical (unpaired) electrons. The molecule has 1 heterocycles. The van der Waals surface area contributed by atoms with Crippen LogP contribution in [0.4, 0.5) is 0 Å². The van der Waals surface area contributed by atoms with E-state index in [2.05, 4.69) is 5.32 Å². The van der Waals surface area contributed by atoms with Gasteiger partial charge in [0.05, 0.1) is 7.11 Å². The first-order valence-electron chi connectivity index (χ1n) is 5.33. The van der Waals surface area contributed by atoms with Gasteiger partial charge in [0.1, 0.15) is 11.8 Å². The molecule has 5 heteroatoms. The smallest absolute Gasteiger partial charge is 0.320 e. The molecule has 1 aromatic carbocycles. The highest BCUT2D eigenvalue weighted by Crippen LogP contribution is 2.27. The Morgan fingerprint density at radius 2 is 2.00 bits per heavy atom. The van der Waals surface area contributed by atoms with Crippen LogP contribution in [0, 0.1) is 0 Å². The van der Waals surface area contributed by atoms with E-state index in [9.17, 15) is 4.79 Å². The van der Waals surface area contributed by atoms with Crippen molar-refractivity contribution in [1.82, 2.24) is 5.32 Å². The molecule has 0 aliphatic carbocycles. The van der Waals surface area contributed by atoms with Gasteiger partial charge in [-0.05, 0) is 30.5 Å². The third-order valence-corrected chi connectivity index (χ3v) is 2.96. The van der Waals surface area contributed by atoms with Crippen molar-refractivity contribution in [3.05, 3.63) is 29.8 Å². The van der Waals surface area contributed by atoms with Crippen molar-refractivity contribution in [2.24, 2.45) is 0 Å². The first-order valence-corrected chi connectivity index (χ1v) is 5.33. The molecule has 2 rings (SSSR count). The fourth-order valence-electron chi connectivity index (χ4n) is 2.04. The lowest BCUT2D eigenvalue weighted by atomic mass is 10.1. The molecule has 17 heavy (non-hydrogen) atoms. The van der Waals surface area contributed by atoms with Crippen molar-refractivity contribution in [3.8, 4) is 5.75 Å². The fraction of sp³-hybridized carbons (Fsp3) is 0.417. The van der Waals surface area contributed by atoms with Crippen LogP contribution in [0.25, 0.3) is 0 Å². The highest BCUT2D eigenvalue weighted by Gasteiger charge is 2.29. The first-order chi connectivity index (χ1) is 7.70.